The highest BCUT2D eigenvalue weighted by Crippen LogP contribution is 2.13. The molecule has 2 N–H and O–H groups in total. The number of aromatic nitrogens is 1. The van der Waals surface area contributed by atoms with Crippen LogP contribution >= 0.6 is 0 Å². The average Bonchev–Trinajstić information content (AvgIpc) is 2.19. The molecule has 0 amide bonds. The average molecular weight is 171 g/mol. The van der Waals surface area contributed by atoms with Gasteiger partial charge in [0, 0.05) is 17.1 Å². The van der Waals surface area contributed by atoms with Gasteiger partial charge < -0.3 is 5.84 Å². The molecule has 1 aromatic heterocycles. The molecular formula is C10H9N3. The van der Waals surface area contributed by atoms with Crippen molar-refractivity contribution >= 4 is 17.1 Å². The molecule has 1 aromatic carbocycles. The third-order valence-corrected chi connectivity index (χ3v) is 1.88. The van der Waals surface area contributed by atoms with Gasteiger partial charge in [-0.2, -0.15) is 5.10 Å². The highest BCUT2D eigenvalue weighted by atomic mass is 15.1. The summed E-state index contributed by atoms with van der Waals surface area (Å²) in [4.78, 5) is 4.25. The second kappa shape index (κ2) is 3.23. The van der Waals surface area contributed by atoms with Gasteiger partial charge in [-0.1, -0.05) is 24.3 Å². The molecule has 1 heterocycles. The van der Waals surface area contributed by atoms with E-state index in [2.05, 4.69) is 10.1 Å². The minimum absolute atomic E-state index is 0.930. The Morgan fingerprint density at radius 3 is 2.92 bits per heavy atom. The number of benzene rings is 1. The molecule has 0 atom stereocenters. The summed E-state index contributed by atoms with van der Waals surface area (Å²) in [6, 6.07) is 9.82. The van der Waals surface area contributed by atoms with Crippen molar-refractivity contribution in [3.05, 3.63) is 42.1 Å². The van der Waals surface area contributed by atoms with Crippen molar-refractivity contribution in [2.45, 2.75) is 0 Å². The van der Waals surface area contributed by atoms with Gasteiger partial charge in [-0.3, -0.25) is 4.98 Å². The van der Waals surface area contributed by atoms with Crippen LogP contribution in [0, 0.1) is 0 Å². The molecule has 0 aliphatic rings. The fourth-order valence-electron chi connectivity index (χ4n) is 1.31. The van der Waals surface area contributed by atoms with Gasteiger partial charge in [0.25, 0.3) is 0 Å². The van der Waals surface area contributed by atoms with E-state index in [0.29, 0.717) is 0 Å². The lowest BCUT2D eigenvalue weighted by atomic mass is 10.1. The number of hydrogen-bond donors (Lipinski definition) is 1. The number of para-hydroxylation sites is 1. The molecule has 0 aliphatic heterocycles. The van der Waals surface area contributed by atoms with E-state index in [9.17, 15) is 0 Å². The topological polar surface area (TPSA) is 51.3 Å². The van der Waals surface area contributed by atoms with Crippen molar-refractivity contribution in [1.82, 2.24) is 4.98 Å². The minimum atomic E-state index is 0.930. The van der Waals surface area contributed by atoms with Crippen LogP contribution in [-0.4, -0.2) is 11.2 Å². The first kappa shape index (κ1) is 7.73. The van der Waals surface area contributed by atoms with E-state index in [1.807, 2.05) is 30.3 Å². The lowest BCUT2D eigenvalue weighted by molar-refractivity contribution is 1.26. The zero-order valence-corrected chi connectivity index (χ0v) is 7.01. The number of nitrogens with zero attached hydrogens (tertiary/aromatic N) is 2. The smallest absolute Gasteiger partial charge is 0.0790 e. The van der Waals surface area contributed by atoms with Crippen LogP contribution in [0.25, 0.3) is 10.9 Å². The molecule has 3 nitrogen and oxygen atoms in total. The molecule has 0 aliphatic carbocycles. The third-order valence-electron chi connectivity index (χ3n) is 1.88. The lowest BCUT2D eigenvalue weighted by Crippen LogP contribution is -1.89. The van der Waals surface area contributed by atoms with E-state index in [0.717, 1.165) is 16.5 Å². The molecule has 0 fully saturated rings. The van der Waals surface area contributed by atoms with E-state index >= 15 is 0 Å². The van der Waals surface area contributed by atoms with Crippen LogP contribution in [0.4, 0.5) is 0 Å². The van der Waals surface area contributed by atoms with Gasteiger partial charge in [-0.15, -0.1) is 0 Å². The number of hydrazone groups is 1. The van der Waals surface area contributed by atoms with E-state index in [1.54, 1.807) is 12.4 Å². The Hall–Kier alpha value is -1.90. The summed E-state index contributed by atoms with van der Waals surface area (Å²) in [5, 5.41) is 4.59. The fourth-order valence-corrected chi connectivity index (χ4v) is 1.31. The molecule has 2 aromatic rings. The summed E-state index contributed by atoms with van der Waals surface area (Å²) < 4.78 is 0. The summed E-state index contributed by atoms with van der Waals surface area (Å²) in [6.45, 7) is 0. The van der Waals surface area contributed by atoms with Gasteiger partial charge in [-0.25, -0.2) is 0 Å². The van der Waals surface area contributed by atoms with E-state index in [-0.39, 0.29) is 0 Å². The monoisotopic (exact) mass is 171 g/mol. The zero-order valence-electron chi connectivity index (χ0n) is 7.01. The number of rotatable bonds is 1. The molecule has 3 heteroatoms. The molecule has 0 saturated carbocycles. The molecule has 13 heavy (non-hydrogen) atoms. The first-order valence-electron chi connectivity index (χ1n) is 3.99. The third kappa shape index (κ3) is 1.36. The highest BCUT2D eigenvalue weighted by molar-refractivity contribution is 5.97. The second-order valence-electron chi connectivity index (χ2n) is 2.70. The van der Waals surface area contributed by atoms with Crippen LogP contribution in [0.1, 0.15) is 5.56 Å². The van der Waals surface area contributed by atoms with Crippen LogP contribution in [0.15, 0.2) is 41.6 Å². The van der Waals surface area contributed by atoms with Crippen molar-refractivity contribution in [3.63, 3.8) is 0 Å². The van der Waals surface area contributed by atoms with Crippen LogP contribution in [0.3, 0.4) is 0 Å². The maximum atomic E-state index is 5.09. The van der Waals surface area contributed by atoms with Crippen molar-refractivity contribution in [1.29, 1.82) is 0 Å². The lowest BCUT2D eigenvalue weighted by Gasteiger charge is -1.98. The van der Waals surface area contributed by atoms with Crippen molar-refractivity contribution in [2.24, 2.45) is 10.9 Å². The summed E-state index contributed by atoms with van der Waals surface area (Å²) >= 11 is 0. The number of fused-ring (bicyclic) bond motifs is 1. The van der Waals surface area contributed by atoms with Crippen molar-refractivity contribution in [2.75, 3.05) is 0 Å². The standard InChI is InChI=1S/C10H9N3/c11-13-7-9-4-1-3-8-5-2-6-12-10(8)9/h1-7H,11H2. The van der Waals surface area contributed by atoms with Crippen LogP contribution in [-0.2, 0) is 0 Å². The minimum Gasteiger partial charge on any atom is -0.323 e. The summed E-state index contributed by atoms with van der Waals surface area (Å²) in [6.07, 6.45) is 3.37. The Kier molecular flexibility index (Phi) is 1.92. The van der Waals surface area contributed by atoms with Gasteiger partial charge in [0.05, 0.1) is 11.7 Å². The van der Waals surface area contributed by atoms with Crippen LogP contribution in [0.5, 0.6) is 0 Å². The van der Waals surface area contributed by atoms with Gasteiger partial charge in [0.15, 0.2) is 0 Å². The fraction of sp³-hybridized carbons (Fsp3) is 0. The first-order chi connectivity index (χ1) is 6.42. The molecule has 0 bridgehead atoms. The van der Waals surface area contributed by atoms with Gasteiger partial charge in [0.1, 0.15) is 0 Å². The number of nitrogens with two attached hydrogens (primary N) is 1. The SMILES string of the molecule is NN=Cc1cccc2cccnc12. The molecule has 0 unspecified atom stereocenters. The summed E-state index contributed by atoms with van der Waals surface area (Å²) in [5.74, 6) is 5.09. The number of pyridine rings is 1. The Labute approximate surface area is 75.9 Å². The molecular weight excluding hydrogens is 162 g/mol. The van der Waals surface area contributed by atoms with Crippen molar-refractivity contribution < 1.29 is 0 Å². The van der Waals surface area contributed by atoms with E-state index < -0.39 is 0 Å². The van der Waals surface area contributed by atoms with Gasteiger partial charge >= 0.3 is 0 Å². The molecule has 2 rings (SSSR count). The Bertz CT molecular complexity index is 443. The predicted molar refractivity (Wildman–Crippen MR) is 53.5 cm³/mol. The first-order valence-corrected chi connectivity index (χ1v) is 3.99. The quantitative estimate of drug-likeness (QED) is 0.402. The maximum absolute atomic E-state index is 5.09. The maximum Gasteiger partial charge on any atom is 0.0790 e. The normalized spacial score (nSPS) is 11.1. The predicted octanol–water partition coefficient (Wildman–Crippen LogP) is 1.53. The van der Waals surface area contributed by atoms with Gasteiger partial charge in [0.2, 0.25) is 0 Å². The summed E-state index contributed by atoms with van der Waals surface area (Å²) in [5.41, 5.74) is 1.87. The molecule has 64 valence electrons. The van der Waals surface area contributed by atoms with Crippen LogP contribution < -0.4 is 5.84 Å². The molecule has 0 saturated heterocycles. The zero-order chi connectivity index (χ0) is 9.10. The van der Waals surface area contributed by atoms with Gasteiger partial charge in [-0.05, 0) is 6.07 Å². The van der Waals surface area contributed by atoms with Crippen LogP contribution in [0.2, 0.25) is 0 Å². The summed E-state index contributed by atoms with van der Waals surface area (Å²) in [7, 11) is 0. The second-order valence-corrected chi connectivity index (χ2v) is 2.70. The van der Waals surface area contributed by atoms with E-state index in [4.69, 9.17) is 5.84 Å². The van der Waals surface area contributed by atoms with Crippen molar-refractivity contribution in [3.8, 4) is 0 Å². The van der Waals surface area contributed by atoms with E-state index in [1.165, 1.54) is 0 Å². The molecule has 0 spiro atoms. The number of hydrogen-bond acceptors (Lipinski definition) is 3. The highest BCUT2D eigenvalue weighted by Gasteiger charge is 1.97. The Morgan fingerprint density at radius 2 is 2.08 bits per heavy atom. The largest absolute Gasteiger partial charge is 0.323 e. The Morgan fingerprint density at radius 1 is 1.23 bits per heavy atom. The Balaban J connectivity index is 2.75. The molecule has 0 radical (unpaired) electrons.